The summed E-state index contributed by atoms with van der Waals surface area (Å²) in [5.41, 5.74) is 0.428. The van der Waals surface area contributed by atoms with Gasteiger partial charge in [0.15, 0.2) is 0 Å². The molecule has 1 aliphatic carbocycles. The van der Waals surface area contributed by atoms with Crippen LogP contribution in [-0.2, 0) is 17.8 Å². The highest BCUT2D eigenvalue weighted by Crippen LogP contribution is 2.36. The molecule has 1 saturated heterocycles. The van der Waals surface area contributed by atoms with Gasteiger partial charge in [-0.15, -0.1) is 10.2 Å². The Balaban J connectivity index is 0.000000325. The van der Waals surface area contributed by atoms with E-state index in [1.54, 1.807) is 12.1 Å². The van der Waals surface area contributed by atoms with Crippen LogP contribution in [0, 0.1) is 23.6 Å². The molecule has 0 bridgehead atoms. The molecule has 12 heteroatoms. The molecule has 33 heavy (non-hydrogen) atoms. The van der Waals surface area contributed by atoms with Crippen molar-refractivity contribution in [3.05, 3.63) is 41.7 Å². The lowest BCUT2D eigenvalue weighted by Crippen LogP contribution is -2.31. The van der Waals surface area contributed by atoms with Crippen LogP contribution in [0.1, 0.15) is 29.3 Å². The van der Waals surface area contributed by atoms with Gasteiger partial charge < -0.3 is 19.9 Å². The molecular weight excluding hydrogens is 446 g/mol. The summed E-state index contributed by atoms with van der Waals surface area (Å²) in [6.45, 7) is 4.25. The molecule has 1 aromatic carbocycles. The van der Waals surface area contributed by atoms with Crippen molar-refractivity contribution in [3.63, 3.8) is 0 Å². The highest BCUT2D eigenvalue weighted by Gasteiger charge is 2.40. The molecule has 5 rings (SSSR count). The topological polar surface area (TPSA) is 100 Å². The van der Waals surface area contributed by atoms with E-state index in [-0.39, 0.29) is 11.7 Å². The first-order valence-electron chi connectivity index (χ1n) is 10.6. The summed E-state index contributed by atoms with van der Waals surface area (Å²) in [5, 5.41) is 18.2. The van der Waals surface area contributed by atoms with Crippen LogP contribution in [0.15, 0.2) is 24.3 Å². The van der Waals surface area contributed by atoms with Gasteiger partial charge in [-0.2, -0.15) is 13.2 Å². The molecule has 2 aromatic rings. The van der Waals surface area contributed by atoms with E-state index in [0.29, 0.717) is 23.3 Å². The molecule has 2 unspecified atom stereocenters. The molecule has 0 radical (unpaired) electrons. The largest absolute Gasteiger partial charge is 0.490 e. The SMILES string of the molecule is O=C(Nc1cccc(F)c1)c1nnc2n1CC1CN(CC3CC3)CC1C2.O=C(O)C(F)(F)F. The van der Waals surface area contributed by atoms with E-state index in [9.17, 15) is 22.4 Å². The van der Waals surface area contributed by atoms with Crippen molar-refractivity contribution >= 4 is 17.6 Å². The molecule has 1 aromatic heterocycles. The van der Waals surface area contributed by atoms with Gasteiger partial charge in [0.2, 0.25) is 5.82 Å². The fraction of sp³-hybridized carbons (Fsp3) is 0.524. The van der Waals surface area contributed by atoms with Gasteiger partial charge in [0.25, 0.3) is 5.91 Å². The van der Waals surface area contributed by atoms with Crippen molar-refractivity contribution in [1.29, 1.82) is 0 Å². The van der Waals surface area contributed by atoms with Crippen molar-refractivity contribution in [2.45, 2.75) is 32.0 Å². The normalized spacial score (nSPS) is 22.1. The Morgan fingerprint density at radius 2 is 1.82 bits per heavy atom. The third kappa shape index (κ3) is 5.67. The molecule has 3 aliphatic rings. The van der Waals surface area contributed by atoms with Crippen LogP contribution in [-0.4, -0.2) is 62.5 Å². The highest BCUT2D eigenvalue weighted by atomic mass is 19.4. The summed E-state index contributed by atoms with van der Waals surface area (Å²) >= 11 is 0. The number of carbonyl (C=O) groups is 2. The number of carboxylic acids is 1. The molecule has 178 valence electrons. The second kappa shape index (κ2) is 9.08. The van der Waals surface area contributed by atoms with Crippen LogP contribution in [0.4, 0.5) is 23.2 Å². The Morgan fingerprint density at radius 1 is 1.12 bits per heavy atom. The molecule has 1 amide bonds. The van der Waals surface area contributed by atoms with Gasteiger partial charge in [0.1, 0.15) is 11.6 Å². The van der Waals surface area contributed by atoms with Crippen LogP contribution >= 0.6 is 0 Å². The lowest BCUT2D eigenvalue weighted by atomic mass is 9.89. The molecule has 2 fully saturated rings. The second-order valence-corrected chi connectivity index (χ2v) is 8.70. The van der Waals surface area contributed by atoms with E-state index in [0.717, 1.165) is 37.8 Å². The predicted molar refractivity (Wildman–Crippen MR) is 108 cm³/mol. The van der Waals surface area contributed by atoms with Crippen molar-refractivity contribution in [1.82, 2.24) is 19.7 Å². The number of nitrogens with one attached hydrogen (secondary N) is 1. The van der Waals surface area contributed by atoms with Crippen LogP contribution < -0.4 is 5.32 Å². The quantitative estimate of drug-likeness (QED) is 0.668. The Bertz CT molecular complexity index is 1040. The Kier molecular flexibility index (Phi) is 6.37. The smallest absolute Gasteiger partial charge is 0.475 e. The minimum atomic E-state index is -5.08. The number of hydrogen-bond acceptors (Lipinski definition) is 5. The number of carboxylic acid groups (broad SMARTS) is 1. The number of likely N-dealkylation sites (tertiary alicyclic amines) is 1. The van der Waals surface area contributed by atoms with Crippen LogP contribution in [0.2, 0.25) is 0 Å². The lowest BCUT2D eigenvalue weighted by molar-refractivity contribution is -0.192. The number of benzene rings is 1. The number of carbonyl (C=O) groups excluding carboxylic acids is 1. The average molecular weight is 469 g/mol. The molecule has 3 heterocycles. The van der Waals surface area contributed by atoms with Gasteiger partial charge in [-0.25, -0.2) is 9.18 Å². The Morgan fingerprint density at radius 3 is 2.45 bits per heavy atom. The number of aliphatic carboxylic acids is 1. The van der Waals surface area contributed by atoms with E-state index >= 15 is 0 Å². The van der Waals surface area contributed by atoms with Crippen molar-refractivity contribution in [2.75, 3.05) is 25.0 Å². The fourth-order valence-corrected chi connectivity index (χ4v) is 4.36. The van der Waals surface area contributed by atoms with Crippen molar-refractivity contribution in [3.8, 4) is 0 Å². The zero-order valence-electron chi connectivity index (χ0n) is 17.6. The zero-order chi connectivity index (χ0) is 23.8. The number of anilines is 1. The molecule has 2 aliphatic heterocycles. The van der Waals surface area contributed by atoms with E-state index in [1.807, 2.05) is 4.57 Å². The highest BCUT2D eigenvalue weighted by molar-refractivity contribution is 6.01. The number of aromatic nitrogens is 3. The maximum Gasteiger partial charge on any atom is 0.490 e. The number of hydrogen-bond donors (Lipinski definition) is 2. The third-order valence-corrected chi connectivity index (χ3v) is 6.08. The monoisotopic (exact) mass is 469 g/mol. The number of rotatable bonds is 4. The van der Waals surface area contributed by atoms with Crippen LogP contribution in [0.3, 0.4) is 0 Å². The van der Waals surface area contributed by atoms with Crippen molar-refractivity contribution < 1.29 is 32.3 Å². The first-order valence-corrected chi connectivity index (χ1v) is 10.6. The summed E-state index contributed by atoms with van der Waals surface area (Å²) in [5.74, 6) is -0.181. The summed E-state index contributed by atoms with van der Waals surface area (Å²) in [4.78, 5) is 24.1. The number of fused-ring (bicyclic) bond motifs is 2. The number of nitrogens with zero attached hydrogens (tertiary/aromatic N) is 4. The van der Waals surface area contributed by atoms with Gasteiger partial charge in [0.05, 0.1) is 0 Å². The van der Waals surface area contributed by atoms with Crippen LogP contribution in [0.25, 0.3) is 0 Å². The summed E-state index contributed by atoms with van der Waals surface area (Å²) in [6.07, 6.45) is -1.45. The van der Waals surface area contributed by atoms with E-state index in [1.165, 1.54) is 31.5 Å². The number of halogens is 4. The molecule has 2 N–H and O–H groups in total. The zero-order valence-corrected chi connectivity index (χ0v) is 17.6. The number of alkyl halides is 3. The van der Waals surface area contributed by atoms with E-state index in [4.69, 9.17) is 9.90 Å². The molecule has 8 nitrogen and oxygen atoms in total. The van der Waals surface area contributed by atoms with Gasteiger partial charge in [0, 0.05) is 38.3 Å². The first-order chi connectivity index (χ1) is 15.6. The maximum atomic E-state index is 13.3. The standard InChI is InChI=1S/C19H22FN5O.C2HF3O2/c20-15-2-1-3-16(7-15)21-19(26)18-23-22-17-6-13-9-24(8-12-4-5-12)10-14(13)11-25(17)18;3-2(4,5)1(6)7/h1-3,7,12-14H,4-6,8-11H2,(H,21,26);(H,6,7). The van der Waals surface area contributed by atoms with E-state index in [2.05, 4.69) is 20.4 Å². The molecule has 1 saturated carbocycles. The summed E-state index contributed by atoms with van der Waals surface area (Å²) < 4.78 is 47.0. The lowest BCUT2D eigenvalue weighted by Gasteiger charge is -2.25. The molecule has 2 atom stereocenters. The second-order valence-electron chi connectivity index (χ2n) is 8.70. The first kappa shape index (κ1) is 23.1. The van der Waals surface area contributed by atoms with Crippen LogP contribution in [0.5, 0.6) is 0 Å². The van der Waals surface area contributed by atoms with Gasteiger partial charge >= 0.3 is 12.1 Å². The maximum absolute atomic E-state index is 13.3. The minimum absolute atomic E-state index is 0.323. The summed E-state index contributed by atoms with van der Waals surface area (Å²) in [6, 6.07) is 5.88. The van der Waals surface area contributed by atoms with Gasteiger partial charge in [-0.05, 0) is 48.8 Å². The minimum Gasteiger partial charge on any atom is -0.475 e. The Hall–Kier alpha value is -3.02. The molecule has 0 spiro atoms. The third-order valence-electron chi connectivity index (χ3n) is 6.08. The van der Waals surface area contributed by atoms with Gasteiger partial charge in [-0.1, -0.05) is 6.07 Å². The molecular formula is C21H23F4N5O3. The predicted octanol–water partition coefficient (Wildman–Crippen LogP) is 2.82. The van der Waals surface area contributed by atoms with E-state index < -0.39 is 12.1 Å². The average Bonchev–Trinajstić information content (AvgIpc) is 3.30. The van der Waals surface area contributed by atoms with Gasteiger partial charge in [-0.3, -0.25) is 4.79 Å². The van der Waals surface area contributed by atoms with Crippen molar-refractivity contribution in [2.24, 2.45) is 17.8 Å². The fourth-order valence-electron chi connectivity index (χ4n) is 4.36. The Labute approximate surface area is 186 Å². The summed E-state index contributed by atoms with van der Waals surface area (Å²) in [7, 11) is 0. The number of amides is 1.